The summed E-state index contributed by atoms with van der Waals surface area (Å²) in [7, 11) is 0. The molecule has 0 saturated heterocycles. The van der Waals surface area contributed by atoms with E-state index in [-0.39, 0.29) is 29.1 Å². The summed E-state index contributed by atoms with van der Waals surface area (Å²) in [5.74, 6) is -0.0996. The topological polar surface area (TPSA) is 26.3 Å². The van der Waals surface area contributed by atoms with Gasteiger partial charge in [-0.25, -0.2) is 8.78 Å². The van der Waals surface area contributed by atoms with Gasteiger partial charge < -0.3 is 4.74 Å². The van der Waals surface area contributed by atoms with E-state index in [0.29, 0.717) is 11.9 Å². The van der Waals surface area contributed by atoms with Crippen LogP contribution in [0.3, 0.4) is 0 Å². The lowest BCUT2D eigenvalue weighted by Gasteiger charge is -2.13. The fraction of sp³-hybridized carbons (Fsp3) is 0.417. The first kappa shape index (κ1) is 14.1. The highest BCUT2D eigenvalue weighted by Crippen LogP contribution is 2.31. The van der Waals surface area contributed by atoms with Gasteiger partial charge in [0.25, 0.3) is 6.43 Å². The number of ether oxygens (including phenoxy) is 1. The molecule has 0 aliphatic heterocycles. The first-order chi connectivity index (χ1) is 8.11. The molecule has 0 heterocycles. The van der Waals surface area contributed by atoms with Crippen molar-refractivity contribution in [2.45, 2.75) is 19.8 Å². The van der Waals surface area contributed by atoms with Crippen LogP contribution in [-0.4, -0.2) is 17.7 Å². The Kier molecular flexibility index (Phi) is 5.55. The maximum Gasteiger partial charge on any atom is 0.264 e. The highest BCUT2D eigenvalue weighted by molar-refractivity contribution is 9.09. The molecule has 0 atom stereocenters. The molecule has 1 aromatic rings. The number of benzene rings is 1. The molecule has 0 saturated carbocycles. The van der Waals surface area contributed by atoms with Gasteiger partial charge in [0, 0.05) is 17.3 Å². The smallest absolute Gasteiger partial charge is 0.264 e. The molecule has 0 aliphatic carbocycles. The second kappa shape index (κ2) is 6.69. The van der Waals surface area contributed by atoms with Crippen LogP contribution < -0.4 is 4.74 Å². The number of hydrogen-bond donors (Lipinski definition) is 0. The Balaban J connectivity index is 3.22. The number of alkyl halides is 3. The number of Topliss-reactive ketones (excluding diaryl/α,β-unsaturated/α-hetero) is 1. The Hall–Kier alpha value is -0.970. The van der Waals surface area contributed by atoms with Crippen LogP contribution in [0.5, 0.6) is 5.75 Å². The van der Waals surface area contributed by atoms with Crippen LogP contribution in [0, 0.1) is 0 Å². The summed E-state index contributed by atoms with van der Waals surface area (Å²) >= 11 is 3.12. The minimum absolute atomic E-state index is 0.00352. The molecular formula is C12H13BrF2O2. The van der Waals surface area contributed by atoms with Gasteiger partial charge in [0.05, 0.1) is 12.2 Å². The first-order valence-electron chi connectivity index (χ1n) is 5.24. The standard InChI is InChI=1S/C12H13BrF2O2/c1-2-17-10-5-3-4-8(12(14)15)11(10)9(16)6-7-13/h3-5,12H,2,6-7H2,1H3. The van der Waals surface area contributed by atoms with Crippen molar-refractivity contribution in [1.29, 1.82) is 0 Å². The fourth-order valence-electron chi connectivity index (χ4n) is 1.51. The van der Waals surface area contributed by atoms with Crippen molar-refractivity contribution in [2.24, 2.45) is 0 Å². The van der Waals surface area contributed by atoms with Crippen molar-refractivity contribution in [3.05, 3.63) is 29.3 Å². The molecule has 94 valence electrons. The Morgan fingerprint density at radius 2 is 2.18 bits per heavy atom. The van der Waals surface area contributed by atoms with Gasteiger partial charge in [-0.2, -0.15) is 0 Å². The molecule has 0 bridgehead atoms. The van der Waals surface area contributed by atoms with E-state index in [9.17, 15) is 13.6 Å². The van der Waals surface area contributed by atoms with Crippen molar-refractivity contribution >= 4 is 21.7 Å². The third kappa shape index (κ3) is 3.49. The summed E-state index contributed by atoms with van der Waals surface area (Å²) in [4.78, 5) is 11.8. The van der Waals surface area contributed by atoms with E-state index in [1.54, 1.807) is 6.92 Å². The Bertz CT molecular complexity index is 394. The lowest BCUT2D eigenvalue weighted by atomic mass is 10.0. The third-order valence-corrected chi connectivity index (χ3v) is 2.59. The molecule has 0 fully saturated rings. The number of carbonyl (C=O) groups is 1. The minimum Gasteiger partial charge on any atom is -0.493 e. The zero-order valence-corrected chi connectivity index (χ0v) is 11.0. The lowest BCUT2D eigenvalue weighted by Crippen LogP contribution is -2.08. The number of rotatable bonds is 6. The van der Waals surface area contributed by atoms with Gasteiger partial charge in [-0.1, -0.05) is 28.1 Å². The summed E-state index contributed by atoms with van der Waals surface area (Å²) in [5, 5.41) is 0.439. The van der Waals surface area contributed by atoms with Crippen LogP contribution in [0.25, 0.3) is 0 Å². The van der Waals surface area contributed by atoms with Crippen LogP contribution in [0.2, 0.25) is 0 Å². The summed E-state index contributed by atoms with van der Waals surface area (Å²) in [6.07, 6.45) is -2.51. The van der Waals surface area contributed by atoms with Gasteiger partial charge in [-0.3, -0.25) is 4.79 Å². The molecule has 2 nitrogen and oxygen atoms in total. The predicted octanol–water partition coefficient (Wildman–Crippen LogP) is 3.99. The zero-order valence-electron chi connectivity index (χ0n) is 9.38. The molecule has 17 heavy (non-hydrogen) atoms. The normalized spacial score (nSPS) is 10.6. The zero-order chi connectivity index (χ0) is 12.8. The molecule has 5 heteroatoms. The highest BCUT2D eigenvalue weighted by Gasteiger charge is 2.22. The van der Waals surface area contributed by atoms with Crippen molar-refractivity contribution in [2.75, 3.05) is 11.9 Å². The van der Waals surface area contributed by atoms with Crippen LogP contribution in [0.4, 0.5) is 8.78 Å². The number of ketones is 1. The number of hydrogen-bond acceptors (Lipinski definition) is 2. The maximum atomic E-state index is 12.8. The summed E-state index contributed by atoms with van der Waals surface area (Å²) < 4.78 is 30.9. The number of carbonyl (C=O) groups excluding carboxylic acids is 1. The monoisotopic (exact) mass is 306 g/mol. The van der Waals surface area contributed by atoms with E-state index in [2.05, 4.69) is 15.9 Å². The second-order valence-corrected chi connectivity index (χ2v) is 4.11. The largest absolute Gasteiger partial charge is 0.493 e. The summed E-state index contributed by atoms with van der Waals surface area (Å²) in [6.45, 7) is 2.08. The SMILES string of the molecule is CCOc1cccc(C(F)F)c1C(=O)CCBr. The minimum atomic E-state index is -2.68. The predicted molar refractivity (Wildman–Crippen MR) is 65.3 cm³/mol. The molecule has 0 unspecified atom stereocenters. The molecule has 0 N–H and O–H groups in total. The molecule has 1 aromatic carbocycles. The van der Waals surface area contributed by atoms with E-state index in [1.165, 1.54) is 18.2 Å². The molecular weight excluding hydrogens is 294 g/mol. The van der Waals surface area contributed by atoms with Crippen molar-refractivity contribution < 1.29 is 18.3 Å². The van der Waals surface area contributed by atoms with Gasteiger partial charge in [0.15, 0.2) is 5.78 Å². The molecule has 0 spiro atoms. The summed E-state index contributed by atoms with van der Waals surface area (Å²) in [5.41, 5.74) is -0.259. The van der Waals surface area contributed by atoms with Crippen molar-refractivity contribution in [1.82, 2.24) is 0 Å². The summed E-state index contributed by atoms with van der Waals surface area (Å²) in [6, 6.07) is 4.27. The van der Waals surface area contributed by atoms with Gasteiger partial charge in [-0.05, 0) is 13.0 Å². The second-order valence-electron chi connectivity index (χ2n) is 3.32. The van der Waals surface area contributed by atoms with E-state index in [0.717, 1.165) is 0 Å². The molecule has 0 radical (unpaired) electrons. The first-order valence-corrected chi connectivity index (χ1v) is 6.37. The van der Waals surface area contributed by atoms with Gasteiger partial charge >= 0.3 is 0 Å². The molecule has 0 aliphatic rings. The molecule has 1 rings (SSSR count). The lowest BCUT2D eigenvalue weighted by molar-refractivity contribution is 0.0971. The average molecular weight is 307 g/mol. The van der Waals surface area contributed by atoms with Crippen molar-refractivity contribution in [3.63, 3.8) is 0 Å². The van der Waals surface area contributed by atoms with E-state index in [4.69, 9.17) is 4.74 Å². The highest BCUT2D eigenvalue weighted by atomic mass is 79.9. The Morgan fingerprint density at radius 1 is 1.47 bits per heavy atom. The van der Waals surface area contributed by atoms with E-state index < -0.39 is 6.43 Å². The van der Waals surface area contributed by atoms with Crippen LogP contribution >= 0.6 is 15.9 Å². The van der Waals surface area contributed by atoms with Crippen molar-refractivity contribution in [3.8, 4) is 5.75 Å². The third-order valence-electron chi connectivity index (χ3n) is 2.19. The molecule has 0 amide bonds. The average Bonchev–Trinajstić information content (AvgIpc) is 2.29. The Labute approximate surface area is 107 Å². The number of halogens is 3. The quantitative estimate of drug-likeness (QED) is 0.587. The fourth-order valence-corrected chi connectivity index (χ4v) is 1.88. The van der Waals surface area contributed by atoms with Gasteiger partial charge in [-0.15, -0.1) is 0 Å². The van der Waals surface area contributed by atoms with Gasteiger partial charge in [0.2, 0.25) is 0 Å². The molecule has 0 aromatic heterocycles. The van der Waals surface area contributed by atoms with Gasteiger partial charge in [0.1, 0.15) is 5.75 Å². The maximum absolute atomic E-state index is 12.8. The van der Waals surface area contributed by atoms with E-state index in [1.807, 2.05) is 0 Å². The van der Waals surface area contributed by atoms with Crippen LogP contribution in [-0.2, 0) is 0 Å². The Morgan fingerprint density at radius 3 is 2.71 bits per heavy atom. The van der Waals surface area contributed by atoms with E-state index >= 15 is 0 Å². The van der Waals surface area contributed by atoms with Crippen LogP contribution in [0.1, 0.15) is 35.7 Å². The van der Waals surface area contributed by atoms with Crippen LogP contribution in [0.15, 0.2) is 18.2 Å².